The Morgan fingerprint density at radius 1 is 1.11 bits per heavy atom. The maximum absolute atomic E-state index is 10.8. The molecule has 2 aromatic rings. The van der Waals surface area contributed by atoms with Gasteiger partial charge in [-0.15, -0.1) is 0 Å². The van der Waals surface area contributed by atoms with Gasteiger partial charge in [-0.1, -0.05) is 41.5 Å². The fourth-order valence-electron chi connectivity index (χ4n) is 2.96. The third-order valence-corrected chi connectivity index (χ3v) is 4.61. The van der Waals surface area contributed by atoms with Gasteiger partial charge in [0.2, 0.25) is 5.89 Å². The number of aromatic hydroxyl groups is 1. The number of phenols is 1. The average molecular weight is 370 g/mol. The fourth-order valence-corrected chi connectivity index (χ4v) is 2.96. The number of nitriles is 1. The van der Waals surface area contributed by atoms with E-state index < -0.39 is 0 Å². The number of phenolic OH excluding ortho intramolecular Hbond substituents is 1. The molecule has 0 aliphatic carbocycles. The predicted octanol–water partition coefficient (Wildman–Crippen LogP) is 4.64. The molecule has 5 heteroatoms. The van der Waals surface area contributed by atoms with Crippen molar-refractivity contribution in [2.75, 3.05) is 20.1 Å². The van der Waals surface area contributed by atoms with Crippen molar-refractivity contribution in [2.45, 2.75) is 58.8 Å². The lowest BCUT2D eigenvalue weighted by Crippen LogP contribution is -2.21. The van der Waals surface area contributed by atoms with Gasteiger partial charge in [0.05, 0.1) is 18.3 Å². The summed E-state index contributed by atoms with van der Waals surface area (Å²) in [6.45, 7) is 13.7. The molecule has 1 aromatic carbocycles. The summed E-state index contributed by atoms with van der Waals surface area (Å²) >= 11 is 0. The Kier molecular flexibility index (Phi) is 6.01. The third kappa shape index (κ3) is 5.11. The number of benzene rings is 1. The molecule has 0 saturated heterocycles. The second-order valence-corrected chi connectivity index (χ2v) is 9.21. The Hall–Kier alpha value is -2.32. The van der Waals surface area contributed by atoms with Crippen LogP contribution in [0.4, 0.5) is 0 Å². The lowest BCUT2D eigenvalue weighted by atomic mass is 9.78. The van der Waals surface area contributed by atoms with E-state index in [2.05, 4.69) is 52.6 Å². The molecule has 1 N–H and O–H groups in total. The molecule has 0 unspecified atom stereocenters. The van der Waals surface area contributed by atoms with Crippen LogP contribution in [0, 0.1) is 11.3 Å². The first kappa shape index (κ1) is 21.0. The number of oxazole rings is 1. The SMILES string of the molecule is CN(CC#N)CCc1coc(-c2cc(C(C)(C)C)c(O)c(C(C)(C)C)c2)n1. The van der Waals surface area contributed by atoms with Crippen LogP contribution in [0.25, 0.3) is 11.5 Å². The van der Waals surface area contributed by atoms with Crippen LogP contribution in [0.15, 0.2) is 22.8 Å². The van der Waals surface area contributed by atoms with E-state index >= 15 is 0 Å². The van der Waals surface area contributed by atoms with Gasteiger partial charge in [-0.3, -0.25) is 4.90 Å². The molecular weight excluding hydrogens is 338 g/mol. The van der Waals surface area contributed by atoms with Crippen LogP contribution >= 0.6 is 0 Å². The van der Waals surface area contributed by atoms with Crippen molar-refractivity contribution in [1.29, 1.82) is 5.26 Å². The zero-order valence-corrected chi connectivity index (χ0v) is 17.6. The van der Waals surface area contributed by atoms with Crippen molar-refractivity contribution < 1.29 is 9.52 Å². The highest BCUT2D eigenvalue weighted by Crippen LogP contribution is 2.41. The van der Waals surface area contributed by atoms with E-state index in [1.165, 1.54) is 0 Å². The summed E-state index contributed by atoms with van der Waals surface area (Å²) in [5.41, 5.74) is 3.11. The van der Waals surface area contributed by atoms with Gasteiger partial charge >= 0.3 is 0 Å². The molecule has 2 rings (SSSR count). The summed E-state index contributed by atoms with van der Waals surface area (Å²) in [5, 5.41) is 19.6. The molecule has 5 nitrogen and oxygen atoms in total. The Balaban J connectivity index is 2.40. The van der Waals surface area contributed by atoms with Gasteiger partial charge in [-0.25, -0.2) is 4.98 Å². The summed E-state index contributed by atoms with van der Waals surface area (Å²) in [6, 6.07) is 6.09. The van der Waals surface area contributed by atoms with Crippen LogP contribution in [0.5, 0.6) is 5.75 Å². The second-order valence-electron chi connectivity index (χ2n) is 9.21. The highest BCUT2D eigenvalue weighted by molar-refractivity contribution is 5.63. The molecule has 0 bridgehead atoms. The molecular formula is C22H31N3O2. The molecule has 27 heavy (non-hydrogen) atoms. The van der Waals surface area contributed by atoms with Crippen LogP contribution in [-0.2, 0) is 17.3 Å². The Morgan fingerprint density at radius 3 is 2.15 bits per heavy atom. The number of hydrogen-bond acceptors (Lipinski definition) is 5. The quantitative estimate of drug-likeness (QED) is 0.777. The standard InChI is InChI=1S/C22H31N3O2/c1-21(2,3)17-12-15(13-18(19(17)26)22(4,5)6)20-24-16(14-27-20)8-10-25(7)11-9-23/h12-14,26H,8,10-11H2,1-7H3. The van der Waals surface area contributed by atoms with E-state index in [0.29, 0.717) is 18.2 Å². The zero-order valence-electron chi connectivity index (χ0n) is 17.6. The maximum Gasteiger partial charge on any atom is 0.226 e. The number of likely N-dealkylation sites (N-methyl/N-ethyl adjacent to an activating group) is 1. The molecule has 0 amide bonds. The lowest BCUT2D eigenvalue weighted by Gasteiger charge is -2.27. The van der Waals surface area contributed by atoms with Gasteiger partial charge in [0, 0.05) is 29.7 Å². The van der Waals surface area contributed by atoms with Gasteiger partial charge in [0.25, 0.3) is 0 Å². The highest BCUT2D eigenvalue weighted by Gasteiger charge is 2.27. The number of nitrogens with zero attached hydrogens (tertiary/aromatic N) is 3. The third-order valence-electron chi connectivity index (χ3n) is 4.61. The Labute approximate surface area is 162 Å². The molecule has 0 radical (unpaired) electrons. The number of rotatable bonds is 5. The van der Waals surface area contributed by atoms with Crippen LogP contribution in [0.1, 0.15) is 58.4 Å². The predicted molar refractivity (Wildman–Crippen MR) is 108 cm³/mol. The second kappa shape index (κ2) is 7.74. The highest BCUT2D eigenvalue weighted by atomic mass is 16.3. The summed E-state index contributed by atoms with van der Waals surface area (Å²) in [7, 11) is 1.91. The molecule has 0 atom stereocenters. The van der Waals surface area contributed by atoms with Gasteiger partial charge in [0.1, 0.15) is 12.0 Å². The first-order valence-electron chi connectivity index (χ1n) is 9.31. The van der Waals surface area contributed by atoms with Crippen molar-refractivity contribution in [3.8, 4) is 23.3 Å². The number of hydrogen-bond donors (Lipinski definition) is 1. The van der Waals surface area contributed by atoms with Crippen molar-refractivity contribution in [2.24, 2.45) is 0 Å². The smallest absolute Gasteiger partial charge is 0.226 e. The summed E-state index contributed by atoms with van der Waals surface area (Å²) in [4.78, 5) is 6.58. The van der Waals surface area contributed by atoms with E-state index in [9.17, 15) is 5.11 Å². The molecule has 0 aliphatic rings. The lowest BCUT2D eigenvalue weighted by molar-refractivity contribution is 0.377. The molecule has 0 aliphatic heterocycles. The summed E-state index contributed by atoms with van der Waals surface area (Å²) in [6.07, 6.45) is 2.40. The monoisotopic (exact) mass is 369 g/mol. The van der Waals surface area contributed by atoms with Crippen LogP contribution in [-0.4, -0.2) is 35.1 Å². The molecule has 0 saturated carbocycles. The van der Waals surface area contributed by atoms with Crippen LogP contribution in [0.3, 0.4) is 0 Å². The number of aromatic nitrogens is 1. The molecule has 1 heterocycles. The normalized spacial score (nSPS) is 12.4. The van der Waals surface area contributed by atoms with Gasteiger partial charge in [-0.2, -0.15) is 5.26 Å². The minimum absolute atomic E-state index is 0.199. The van der Waals surface area contributed by atoms with E-state index in [-0.39, 0.29) is 10.8 Å². The largest absolute Gasteiger partial charge is 0.507 e. The Morgan fingerprint density at radius 2 is 1.67 bits per heavy atom. The van der Waals surface area contributed by atoms with Crippen molar-refractivity contribution in [1.82, 2.24) is 9.88 Å². The van der Waals surface area contributed by atoms with Crippen molar-refractivity contribution >= 4 is 0 Å². The maximum atomic E-state index is 10.8. The summed E-state index contributed by atoms with van der Waals surface area (Å²) in [5.74, 6) is 0.910. The Bertz CT molecular complexity index is 797. The van der Waals surface area contributed by atoms with Crippen LogP contribution < -0.4 is 0 Å². The minimum atomic E-state index is -0.199. The molecule has 0 fully saturated rings. The van der Waals surface area contributed by atoms with Crippen molar-refractivity contribution in [3.05, 3.63) is 35.2 Å². The van der Waals surface area contributed by atoms with Gasteiger partial charge < -0.3 is 9.52 Å². The van der Waals surface area contributed by atoms with E-state index in [1.807, 2.05) is 24.1 Å². The van der Waals surface area contributed by atoms with Crippen LogP contribution in [0.2, 0.25) is 0 Å². The first-order chi connectivity index (χ1) is 12.4. The zero-order chi connectivity index (χ0) is 20.4. The average Bonchev–Trinajstić information content (AvgIpc) is 3.00. The van der Waals surface area contributed by atoms with Gasteiger partial charge in [-0.05, 0) is 30.0 Å². The van der Waals surface area contributed by atoms with Crippen molar-refractivity contribution in [3.63, 3.8) is 0 Å². The fraction of sp³-hybridized carbons (Fsp3) is 0.545. The molecule has 0 spiro atoms. The topological polar surface area (TPSA) is 73.3 Å². The first-order valence-corrected chi connectivity index (χ1v) is 9.31. The molecule has 146 valence electrons. The van der Waals surface area contributed by atoms with Gasteiger partial charge in [0.15, 0.2) is 0 Å². The minimum Gasteiger partial charge on any atom is -0.507 e. The van der Waals surface area contributed by atoms with E-state index in [1.54, 1.807) is 6.26 Å². The summed E-state index contributed by atoms with van der Waals surface area (Å²) < 4.78 is 5.74. The molecule has 1 aromatic heterocycles. The van der Waals surface area contributed by atoms with E-state index in [4.69, 9.17) is 9.68 Å². The van der Waals surface area contributed by atoms with E-state index in [0.717, 1.165) is 35.3 Å².